The van der Waals surface area contributed by atoms with Gasteiger partial charge in [-0.25, -0.2) is 0 Å². The van der Waals surface area contributed by atoms with E-state index in [1.54, 1.807) is 7.11 Å². The molecule has 0 radical (unpaired) electrons. The lowest BCUT2D eigenvalue weighted by atomic mass is 10.0. The summed E-state index contributed by atoms with van der Waals surface area (Å²) in [6, 6.07) is 23.6. The van der Waals surface area contributed by atoms with Crippen molar-refractivity contribution in [3.63, 3.8) is 0 Å². The van der Waals surface area contributed by atoms with E-state index in [9.17, 15) is 0 Å². The highest BCUT2D eigenvalue weighted by Crippen LogP contribution is 2.21. The van der Waals surface area contributed by atoms with Crippen molar-refractivity contribution in [1.82, 2.24) is 5.32 Å². The first kappa shape index (κ1) is 17.5. The van der Waals surface area contributed by atoms with Crippen LogP contribution in [0.5, 0.6) is 5.75 Å². The molecule has 25 heavy (non-hydrogen) atoms. The molecule has 130 valence electrons. The molecular weight excluding hydrogens is 310 g/mol. The van der Waals surface area contributed by atoms with Gasteiger partial charge in [-0.05, 0) is 47.0 Å². The predicted molar refractivity (Wildman–Crippen MR) is 103 cm³/mol. The summed E-state index contributed by atoms with van der Waals surface area (Å²) < 4.78 is 10.7. The Morgan fingerprint density at radius 2 is 1.72 bits per heavy atom. The van der Waals surface area contributed by atoms with Gasteiger partial charge in [0, 0.05) is 19.7 Å². The standard InChI is InChI=1S/C22H25NO2/c1-17(20-11-10-19-7-3-4-8-21(19)15-20)23-16-18-6-5-9-22(14-18)25-13-12-24-2/h3-11,14-15,17,23H,12-13,16H2,1-2H3. The molecule has 3 aromatic rings. The lowest BCUT2D eigenvalue weighted by molar-refractivity contribution is 0.146. The van der Waals surface area contributed by atoms with Gasteiger partial charge in [0.05, 0.1) is 6.61 Å². The molecule has 3 aromatic carbocycles. The van der Waals surface area contributed by atoms with Crippen molar-refractivity contribution in [2.45, 2.75) is 19.5 Å². The van der Waals surface area contributed by atoms with Crippen LogP contribution in [0.4, 0.5) is 0 Å². The molecule has 0 bridgehead atoms. The maximum Gasteiger partial charge on any atom is 0.119 e. The summed E-state index contributed by atoms with van der Waals surface area (Å²) in [4.78, 5) is 0. The van der Waals surface area contributed by atoms with E-state index in [0.717, 1.165) is 12.3 Å². The Labute approximate surface area is 149 Å². The Kier molecular flexibility index (Phi) is 6.04. The third-order valence-electron chi connectivity index (χ3n) is 4.34. The van der Waals surface area contributed by atoms with Gasteiger partial charge in [-0.15, -0.1) is 0 Å². The van der Waals surface area contributed by atoms with E-state index < -0.39 is 0 Å². The molecule has 3 heteroatoms. The number of nitrogens with one attached hydrogen (secondary N) is 1. The minimum absolute atomic E-state index is 0.280. The van der Waals surface area contributed by atoms with Gasteiger partial charge >= 0.3 is 0 Å². The Balaban J connectivity index is 1.61. The lowest BCUT2D eigenvalue weighted by Crippen LogP contribution is -2.18. The van der Waals surface area contributed by atoms with Crippen LogP contribution in [0.15, 0.2) is 66.7 Å². The highest BCUT2D eigenvalue weighted by molar-refractivity contribution is 5.83. The zero-order valence-electron chi connectivity index (χ0n) is 14.9. The molecule has 0 amide bonds. The molecule has 0 fully saturated rings. The Hall–Kier alpha value is -2.36. The molecule has 0 saturated heterocycles. The fourth-order valence-electron chi connectivity index (χ4n) is 2.85. The fraction of sp³-hybridized carbons (Fsp3) is 0.273. The molecule has 0 aliphatic heterocycles. The van der Waals surface area contributed by atoms with Gasteiger partial charge in [0.25, 0.3) is 0 Å². The molecule has 3 rings (SSSR count). The van der Waals surface area contributed by atoms with Gasteiger partial charge < -0.3 is 14.8 Å². The second-order valence-electron chi connectivity index (χ2n) is 6.20. The maximum atomic E-state index is 5.67. The van der Waals surface area contributed by atoms with Gasteiger partial charge in [0.2, 0.25) is 0 Å². The van der Waals surface area contributed by atoms with Gasteiger partial charge in [-0.3, -0.25) is 0 Å². The maximum absolute atomic E-state index is 5.67. The van der Waals surface area contributed by atoms with Crippen LogP contribution in [0.3, 0.4) is 0 Å². The summed E-state index contributed by atoms with van der Waals surface area (Å²) in [7, 11) is 1.68. The van der Waals surface area contributed by atoms with E-state index in [1.807, 2.05) is 12.1 Å². The Morgan fingerprint density at radius 3 is 2.56 bits per heavy atom. The average molecular weight is 335 g/mol. The highest BCUT2D eigenvalue weighted by Gasteiger charge is 2.06. The van der Waals surface area contributed by atoms with E-state index in [-0.39, 0.29) is 6.04 Å². The molecule has 3 nitrogen and oxygen atoms in total. The van der Waals surface area contributed by atoms with Gasteiger partial charge in [-0.1, -0.05) is 48.5 Å². The minimum Gasteiger partial charge on any atom is -0.491 e. The van der Waals surface area contributed by atoms with E-state index in [0.29, 0.717) is 13.2 Å². The molecule has 0 spiro atoms. The molecule has 1 unspecified atom stereocenters. The first-order chi connectivity index (χ1) is 12.3. The average Bonchev–Trinajstić information content (AvgIpc) is 2.66. The van der Waals surface area contributed by atoms with Crippen molar-refractivity contribution >= 4 is 10.8 Å². The van der Waals surface area contributed by atoms with Gasteiger partial charge in [0.1, 0.15) is 12.4 Å². The van der Waals surface area contributed by atoms with Crippen LogP contribution in [-0.2, 0) is 11.3 Å². The quantitative estimate of drug-likeness (QED) is 0.604. The van der Waals surface area contributed by atoms with Crippen molar-refractivity contribution < 1.29 is 9.47 Å². The Morgan fingerprint density at radius 1 is 0.880 bits per heavy atom. The number of fused-ring (bicyclic) bond motifs is 1. The SMILES string of the molecule is COCCOc1cccc(CNC(C)c2ccc3ccccc3c2)c1. The summed E-state index contributed by atoms with van der Waals surface area (Å²) in [6.45, 7) is 4.17. The first-order valence-corrected chi connectivity index (χ1v) is 8.69. The van der Waals surface area contributed by atoms with Crippen LogP contribution in [0.2, 0.25) is 0 Å². The van der Waals surface area contributed by atoms with Crippen LogP contribution in [0.25, 0.3) is 10.8 Å². The number of ether oxygens (including phenoxy) is 2. The molecule has 1 atom stereocenters. The molecule has 0 heterocycles. The number of hydrogen-bond donors (Lipinski definition) is 1. The van der Waals surface area contributed by atoms with Gasteiger partial charge in [0.15, 0.2) is 0 Å². The Bertz CT molecular complexity index is 816. The van der Waals surface area contributed by atoms with Crippen LogP contribution in [0.1, 0.15) is 24.1 Å². The summed E-state index contributed by atoms with van der Waals surface area (Å²) >= 11 is 0. The summed E-state index contributed by atoms with van der Waals surface area (Å²) in [5, 5.41) is 6.15. The summed E-state index contributed by atoms with van der Waals surface area (Å²) in [5.74, 6) is 0.884. The highest BCUT2D eigenvalue weighted by atomic mass is 16.5. The zero-order valence-corrected chi connectivity index (χ0v) is 14.9. The smallest absolute Gasteiger partial charge is 0.119 e. The number of benzene rings is 3. The van der Waals surface area contributed by atoms with Crippen molar-refractivity contribution in [3.05, 3.63) is 77.9 Å². The predicted octanol–water partition coefficient (Wildman–Crippen LogP) is 4.72. The largest absolute Gasteiger partial charge is 0.491 e. The van der Waals surface area contributed by atoms with Crippen molar-refractivity contribution in [2.24, 2.45) is 0 Å². The molecule has 0 aliphatic carbocycles. The molecule has 1 N–H and O–H groups in total. The summed E-state index contributed by atoms with van der Waals surface area (Å²) in [5.41, 5.74) is 2.51. The van der Waals surface area contributed by atoms with E-state index in [1.165, 1.54) is 21.9 Å². The number of methoxy groups -OCH3 is 1. The molecule has 0 aliphatic rings. The summed E-state index contributed by atoms with van der Waals surface area (Å²) in [6.07, 6.45) is 0. The second-order valence-corrected chi connectivity index (χ2v) is 6.20. The topological polar surface area (TPSA) is 30.5 Å². The monoisotopic (exact) mass is 335 g/mol. The molecule has 0 aromatic heterocycles. The van der Waals surface area contributed by atoms with Crippen LogP contribution in [-0.4, -0.2) is 20.3 Å². The molecular formula is C22H25NO2. The molecule has 0 saturated carbocycles. The van der Waals surface area contributed by atoms with Gasteiger partial charge in [-0.2, -0.15) is 0 Å². The van der Waals surface area contributed by atoms with Crippen molar-refractivity contribution in [3.8, 4) is 5.75 Å². The van der Waals surface area contributed by atoms with E-state index in [2.05, 4.69) is 66.8 Å². The van der Waals surface area contributed by atoms with Crippen molar-refractivity contribution in [1.29, 1.82) is 0 Å². The third kappa shape index (κ3) is 4.81. The first-order valence-electron chi connectivity index (χ1n) is 8.69. The number of hydrogen-bond acceptors (Lipinski definition) is 3. The second kappa shape index (κ2) is 8.65. The normalized spacial score (nSPS) is 12.2. The van der Waals surface area contributed by atoms with Crippen molar-refractivity contribution in [2.75, 3.05) is 20.3 Å². The minimum atomic E-state index is 0.280. The zero-order chi connectivity index (χ0) is 17.5. The van der Waals surface area contributed by atoms with E-state index >= 15 is 0 Å². The van der Waals surface area contributed by atoms with Crippen LogP contribution in [0, 0.1) is 0 Å². The van der Waals surface area contributed by atoms with Crippen LogP contribution < -0.4 is 10.1 Å². The lowest BCUT2D eigenvalue weighted by Gasteiger charge is -2.16. The van der Waals surface area contributed by atoms with E-state index in [4.69, 9.17) is 9.47 Å². The van der Waals surface area contributed by atoms with Crippen LogP contribution >= 0.6 is 0 Å². The number of rotatable bonds is 8. The fourth-order valence-corrected chi connectivity index (χ4v) is 2.85. The third-order valence-corrected chi connectivity index (χ3v) is 4.34.